The van der Waals surface area contributed by atoms with E-state index in [0.29, 0.717) is 17.0 Å². The van der Waals surface area contributed by atoms with Crippen LogP contribution in [0.2, 0.25) is 5.02 Å². The van der Waals surface area contributed by atoms with Crippen LogP contribution < -0.4 is 10.1 Å². The van der Waals surface area contributed by atoms with Crippen LogP contribution in [0.3, 0.4) is 0 Å². The van der Waals surface area contributed by atoms with Gasteiger partial charge in [-0.2, -0.15) is 5.26 Å². The van der Waals surface area contributed by atoms with Gasteiger partial charge in [-0.15, -0.1) is 0 Å². The molecule has 28 heavy (non-hydrogen) atoms. The van der Waals surface area contributed by atoms with Crippen molar-refractivity contribution in [2.75, 3.05) is 18.5 Å². The van der Waals surface area contributed by atoms with Crippen LogP contribution in [0.1, 0.15) is 18.1 Å². The van der Waals surface area contributed by atoms with E-state index in [9.17, 15) is 14.9 Å². The van der Waals surface area contributed by atoms with Crippen LogP contribution in [-0.2, 0) is 14.3 Å². The molecule has 2 rings (SSSR count). The van der Waals surface area contributed by atoms with Crippen LogP contribution in [-0.4, -0.2) is 25.1 Å². The molecule has 1 amide bonds. The normalized spacial score (nSPS) is 10.7. The summed E-state index contributed by atoms with van der Waals surface area (Å²) < 4.78 is 10.1. The third-order valence-corrected chi connectivity index (χ3v) is 3.89. The Labute approximate surface area is 168 Å². The predicted octanol–water partition coefficient (Wildman–Crippen LogP) is 4.14. The lowest BCUT2D eigenvalue weighted by Gasteiger charge is -2.08. The fourth-order valence-corrected chi connectivity index (χ4v) is 2.46. The quantitative estimate of drug-likeness (QED) is 0.430. The van der Waals surface area contributed by atoms with Crippen LogP contribution in [0.25, 0.3) is 6.08 Å². The maximum Gasteiger partial charge on any atom is 0.344 e. The van der Waals surface area contributed by atoms with E-state index < -0.39 is 11.9 Å². The second-order valence-electron chi connectivity index (χ2n) is 5.77. The van der Waals surface area contributed by atoms with Gasteiger partial charge in [0.1, 0.15) is 17.4 Å². The van der Waals surface area contributed by atoms with Crippen LogP contribution >= 0.6 is 11.6 Å². The highest BCUT2D eigenvalue weighted by molar-refractivity contribution is 6.32. The van der Waals surface area contributed by atoms with Crippen LogP contribution in [0.4, 0.5) is 5.69 Å². The van der Waals surface area contributed by atoms with Gasteiger partial charge >= 0.3 is 5.97 Å². The number of benzene rings is 2. The van der Waals surface area contributed by atoms with Crippen molar-refractivity contribution >= 4 is 35.2 Å². The van der Waals surface area contributed by atoms with Gasteiger partial charge in [-0.05, 0) is 49.8 Å². The number of nitrogens with one attached hydrogen (secondary N) is 1. The monoisotopic (exact) mass is 398 g/mol. The molecule has 0 aliphatic rings. The Balaban J connectivity index is 2.09. The predicted molar refractivity (Wildman–Crippen MR) is 107 cm³/mol. The number of hydrogen-bond acceptors (Lipinski definition) is 5. The second kappa shape index (κ2) is 10.1. The van der Waals surface area contributed by atoms with Crippen LogP contribution in [0.15, 0.2) is 48.0 Å². The molecule has 0 unspecified atom stereocenters. The van der Waals surface area contributed by atoms with Gasteiger partial charge in [0, 0.05) is 5.69 Å². The number of nitriles is 1. The third-order valence-electron chi connectivity index (χ3n) is 3.59. The molecule has 0 radical (unpaired) electrons. The molecule has 0 heterocycles. The van der Waals surface area contributed by atoms with Crippen molar-refractivity contribution in [2.24, 2.45) is 0 Å². The molecule has 0 aliphatic carbocycles. The Morgan fingerprint density at radius 2 is 1.93 bits per heavy atom. The lowest BCUT2D eigenvalue weighted by atomic mass is 10.1. The summed E-state index contributed by atoms with van der Waals surface area (Å²) in [6.45, 7) is 3.65. The molecule has 0 atom stereocenters. The van der Waals surface area contributed by atoms with E-state index in [-0.39, 0.29) is 23.8 Å². The molecule has 6 nitrogen and oxygen atoms in total. The highest BCUT2D eigenvalue weighted by Crippen LogP contribution is 2.26. The Bertz CT molecular complexity index is 930. The number of hydrogen-bond donors (Lipinski definition) is 1. The van der Waals surface area contributed by atoms with E-state index in [0.717, 1.165) is 5.56 Å². The van der Waals surface area contributed by atoms with Crippen LogP contribution in [0.5, 0.6) is 5.75 Å². The zero-order chi connectivity index (χ0) is 20.5. The molecule has 0 bridgehead atoms. The molecular formula is C21H19ClN2O4. The van der Waals surface area contributed by atoms with Gasteiger partial charge in [0.15, 0.2) is 6.61 Å². The van der Waals surface area contributed by atoms with E-state index in [2.05, 4.69) is 5.32 Å². The minimum atomic E-state index is -0.523. The van der Waals surface area contributed by atoms with Gasteiger partial charge in [0.05, 0.1) is 11.6 Å². The minimum absolute atomic E-state index is 0.0724. The molecule has 0 fully saturated rings. The van der Waals surface area contributed by atoms with Gasteiger partial charge in [-0.1, -0.05) is 35.4 Å². The van der Waals surface area contributed by atoms with Crippen molar-refractivity contribution in [3.05, 3.63) is 64.2 Å². The molecule has 2 aromatic rings. The van der Waals surface area contributed by atoms with E-state index in [1.54, 1.807) is 37.3 Å². The fraction of sp³-hybridized carbons (Fsp3) is 0.190. The van der Waals surface area contributed by atoms with Crippen molar-refractivity contribution in [3.63, 3.8) is 0 Å². The first-order valence-corrected chi connectivity index (χ1v) is 8.88. The molecule has 144 valence electrons. The van der Waals surface area contributed by atoms with Crippen molar-refractivity contribution in [1.29, 1.82) is 5.26 Å². The van der Waals surface area contributed by atoms with E-state index in [4.69, 9.17) is 21.1 Å². The summed E-state index contributed by atoms with van der Waals surface area (Å²) in [4.78, 5) is 23.7. The Hall–Kier alpha value is -3.30. The van der Waals surface area contributed by atoms with Gasteiger partial charge < -0.3 is 14.8 Å². The Morgan fingerprint density at radius 1 is 1.21 bits per heavy atom. The van der Waals surface area contributed by atoms with E-state index in [1.165, 1.54) is 6.08 Å². The number of ether oxygens (including phenoxy) is 2. The highest BCUT2D eigenvalue weighted by atomic mass is 35.5. The molecule has 2 aromatic carbocycles. The first-order chi connectivity index (χ1) is 13.4. The maximum absolute atomic E-state index is 12.3. The molecule has 0 aromatic heterocycles. The molecule has 7 heteroatoms. The molecule has 0 aliphatic heterocycles. The van der Waals surface area contributed by atoms with Crippen molar-refractivity contribution in [3.8, 4) is 11.8 Å². The van der Waals surface area contributed by atoms with Gasteiger partial charge in [-0.25, -0.2) is 4.79 Å². The highest BCUT2D eigenvalue weighted by Gasteiger charge is 2.11. The summed E-state index contributed by atoms with van der Waals surface area (Å²) >= 11 is 6.15. The Kier molecular flexibility index (Phi) is 7.61. The molecule has 0 saturated heterocycles. The molecular weight excluding hydrogens is 380 g/mol. The summed E-state index contributed by atoms with van der Waals surface area (Å²) in [5, 5.41) is 12.2. The number of carbonyl (C=O) groups excluding carboxylic acids is 2. The van der Waals surface area contributed by atoms with E-state index >= 15 is 0 Å². The third kappa shape index (κ3) is 6.15. The summed E-state index contributed by atoms with van der Waals surface area (Å²) in [5.41, 5.74) is 2.13. The number of halogens is 1. The maximum atomic E-state index is 12.3. The van der Waals surface area contributed by atoms with Crippen molar-refractivity contribution < 1.29 is 19.1 Å². The van der Waals surface area contributed by atoms with Gasteiger partial charge in [-0.3, -0.25) is 4.79 Å². The second-order valence-corrected chi connectivity index (χ2v) is 6.18. The summed E-state index contributed by atoms with van der Waals surface area (Å²) in [7, 11) is 0. The molecule has 0 spiro atoms. The van der Waals surface area contributed by atoms with Gasteiger partial charge in [0.2, 0.25) is 0 Å². The fourth-order valence-electron chi connectivity index (χ4n) is 2.21. The summed E-state index contributed by atoms with van der Waals surface area (Å²) in [6, 6.07) is 13.8. The van der Waals surface area contributed by atoms with E-state index in [1.807, 2.05) is 25.1 Å². The minimum Gasteiger partial charge on any atom is -0.480 e. The first-order valence-electron chi connectivity index (χ1n) is 8.50. The Morgan fingerprint density at radius 3 is 2.54 bits per heavy atom. The average Bonchev–Trinajstić information content (AvgIpc) is 2.67. The largest absolute Gasteiger partial charge is 0.480 e. The molecule has 1 N–H and O–H groups in total. The lowest BCUT2D eigenvalue weighted by Crippen LogP contribution is -2.14. The average molecular weight is 399 g/mol. The van der Waals surface area contributed by atoms with Gasteiger partial charge in [0.25, 0.3) is 5.91 Å². The summed E-state index contributed by atoms with van der Waals surface area (Å²) in [5.74, 6) is -0.721. The number of nitrogens with zero attached hydrogens (tertiary/aromatic N) is 1. The first kappa shape index (κ1) is 21.0. The number of aryl methyl sites for hydroxylation is 1. The number of esters is 1. The number of rotatable bonds is 7. The summed E-state index contributed by atoms with van der Waals surface area (Å²) in [6.07, 6.45) is 1.42. The lowest BCUT2D eigenvalue weighted by molar-refractivity contribution is -0.145. The SMILES string of the molecule is CCOC(=O)COc1ccc(/C=C(\C#N)C(=O)Nc2ccc(C)cc2)cc1Cl. The zero-order valence-corrected chi connectivity index (χ0v) is 16.2. The van der Waals surface area contributed by atoms with Crippen molar-refractivity contribution in [2.45, 2.75) is 13.8 Å². The number of anilines is 1. The molecule has 0 saturated carbocycles. The standard InChI is InChI=1S/C21H19ClN2O4/c1-3-27-20(25)13-28-19-9-6-15(11-18(19)22)10-16(12-23)21(26)24-17-7-4-14(2)5-8-17/h4-11H,3,13H2,1-2H3,(H,24,26)/b16-10+. The topological polar surface area (TPSA) is 88.4 Å². The number of amides is 1. The zero-order valence-electron chi connectivity index (χ0n) is 15.5. The smallest absolute Gasteiger partial charge is 0.344 e. The number of carbonyl (C=O) groups is 2. The van der Waals surface area contributed by atoms with Crippen molar-refractivity contribution in [1.82, 2.24) is 0 Å². The van der Waals surface area contributed by atoms with Crippen LogP contribution in [0, 0.1) is 18.3 Å².